The van der Waals surface area contributed by atoms with Crippen LogP contribution in [-0.4, -0.2) is 79.2 Å². The fourth-order valence-electron chi connectivity index (χ4n) is 4.46. The number of ether oxygens (including phenoxy) is 1. The summed E-state index contributed by atoms with van der Waals surface area (Å²) in [5.74, 6) is -0.0304. The van der Waals surface area contributed by atoms with Crippen molar-refractivity contribution < 1.29 is 9.53 Å². The lowest BCUT2D eigenvalue weighted by molar-refractivity contribution is 0.0826. The van der Waals surface area contributed by atoms with E-state index in [0.717, 1.165) is 42.8 Å². The van der Waals surface area contributed by atoms with Gasteiger partial charge in [0.25, 0.3) is 5.91 Å². The molecule has 1 aromatic carbocycles. The number of carbonyl (C=O) groups is 1. The average molecular weight is 370 g/mol. The molecule has 4 rings (SSSR count). The Morgan fingerprint density at radius 2 is 1.81 bits per heavy atom. The number of amides is 1. The summed E-state index contributed by atoms with van der Waals surface area (Å²) in [7, 11) is 2.16. The highest BCUT2D eigenvalue weighted by atomic mass is 16.5. The number of hydrogen-bond acceptors (Lipinski definition) is 4. The van der Waals surface area contributed by atoms with Crippen molar-refractivity contribution in [1.82, 2.24) is 20.1 Å². The molecule has 6 heteroatoms. The summed E-state index contributed by atoms with van der Waals surface area (Å²) in [6.45, 7) is 11.7. The van der Waals surface area contributed by atoms with Gasteiger partial charge in [-0.3, -0.25) is 9.69 Å². The molecule has 0 aliphatic carbocycles. The molecule has 0 spiro atoms. The van der Waals surface area contributed by atoms with Gasteiger partial charge in [0.05, 0.1) is 25.3 Å². The van der Waals surface area contributed by atoms with Gasteiger partial charge in [-0.15, -0.1) is 0 Å². The molecule has 2 aromatic rings. The summed E-state index contributed by atoms with van der Waals surface area (Å²) in [5.41, 5.74) is 5.13. The summed E-state index contributed by atoms with van der Waals surface area (Å²) >= 11 is 0. The van der Waals surface area contributed by atoms with Crippen LogP contribution < -0.4 is 5.32 Å². The molecular weight excluding hydrogens is 340 g/mol. The number of fused-ring (bicyclic) bond motifs is 1. The predicted octanol–water partition coefficient (Wildman–Crippen LogP) is 1.84. The SMILES string of the molecule is Cc1ccc(C)c2c(C)c(C(=O)N[C@@H]3COC[C@H]3N3CCN(C)CC3)[nH]c12. The van der Waals surface area contributed by atoms with Crippen LogP contribution in [0.2, 0.25) is 0 Å². The molecule has 27 heavy (non-hydrogen) atoms. The number of nitrogens with one attached hydrogen (secondary N) is 2. The van der Waals surface area contributed by atoms with Crippen molar-refractivity contribution in [3.63, 3.8) is 0 Å². The van der Waals surface area contributed by atoms with Crippen LogP contribution in [0.5, 0.6) is 0 Å². The summed E-state index contributed by atoms with van der Waals surface area (Å²) in [4.78, 5) is 21.3. The van der Waals surface area contributed by atoms with Gasteiger partial charge in [-0.25, -0.2) is 0 Å². The zero-order valence-corrected chi connectivity index (χ0v) is 16.8. The van der Waals surface area contributed by atoms with Crippen LogP contribution in [0.1, 0.15) is 27.2 Å². The van der Waals surface area contributed by atoms with Crippen LogP contribution in [0, 0.1) is 20.8 Å². The van der Waals surface area contributed by atoms with E-state index in [1.807, 2.05) is 6.92 Å². The second-order valence-corrected chi connectivity index (χ2v) is 8.10. The van der Waals surface area contributed by atoms with Crippen molar-refractivity contribution in [3.8, 4) is 0 Å². The fraction of sp³-hybridized carbons (Fsp3) is 0.571. The minimum atomic E-state index is -0.0304. The Hall–Kier alpha value is -1.89. The van der Waals surface area contributed by atoms with Gasteiger partial charge in [-0.05, 0) is 44.5 Å². The largest absolute Gasteiger partial charge is 0.378 e. The van der Waals surface area contributed by atoms with E-state index >= 15 is 0 Å². The topological polar surface area (TPSA) is 60.6 Å². The minimum absolute atomic E-state index is 0.0304. The maximum atomic E-state index is 13.1. The van der Waals surface area contributed by atoms with Crippen LogP contribution in [0.25, 0.3) is 10.9 Å². The molecule has 6 nitrogen and oxygen atoms in total. The molecule has 2 aliphatic rings. The van der Waals surface area contributed by atoms with Gasteiger partial charge in [0.15, 0.2) is 0 Å². The Labute approximate surface area is 160 Å². The number of benzene rings is 1. The molecule has 2 atom stereocenters. The molecule has 146 valence electrons. The van der Waals surface area contributed by atoms with E-state index in [-0.39, 0.29) is 18.0 Å². The first-order valence-electron chi connectivity index (χ1n) is 9.85. The first-order chi connectivity index (χ1) is 13.0. The maximum Gasteiger partial charge on any atom is 0.268 e. The molecule has 0 radical (unpaired) electrons. The first-order valence-corrected chi connectivity index (χ1v) is 9.85. The number of H-pyrrole nitrogens is 1. The van der Waals surface area contributed by atoms with Crippen molar-refractivity contribution in [2.24, 2.45) is 0 Å². The van der Waals surface area contributed by atoms with Gasteiger partial charge in [0, 0.05) is 37.1 Å². The Morgan fingerprint density at radius 3 is 2.52 bits per heavy atom. The summed E-state index contributed by atoms with van der Waals surface area (Å²) in [6, 6.07) is 4.52. The van der Waals surface area contributed by atoms with E-state index in [9.17, 15) is 4.79 Å². The van der Waals surface area contributed by atoms with Gasteiger partial charge >= 0.3 is 0 Å². The molecule has 2 N–H and O–H groups in total. The zero-order chi connectivity index (χ0) is 19.1. The number of piperazine rings is 1. The Bertz CT molecular complexity index is 851. The molecule has 2 aliphatic heterocycles. The van der Waals surface area contributed by atoms with Crippen molar-refractivity contribution in [3.05, 3.63) is 34.5 Å². The average Bonchev–Trinajstić information content (AvgIpc) is 3.24. The summed E-state index contributed by atoms with van der Waals surface area (Å²) in [5, 5.41) is 4.41. The van der Waals surface area contributed by atoms with E-state index in [4.69, 9.17) is 4.74 Å². The van der Waals surface area contributed by atoms with Crippen LogP contribution in [0.3, 0.4) is 0 Å². The molecule has 0 unspecified atom stereocenters. The zero-order valence-electron chi connectivity index (χ0n) is 16.8. The number of likely N-dealkylation sites (N-methyl/N-ethyl adjacent to an activating group) is 1. The van der Waals surface area contributed by atoms with Crippen LogP contribution in [0.15, 0.2) is 12.1 Å². The van der Waals surface area contributed by atoms with Gasteiger partial charge in [0.1, 0.15) is 5.69 Å². The highest BCUT2D eigenvalue weighted by Crippen LogP contribution is 2.28. The number of aromatic amines is 1. The molecule has 2 fully saturated rings. The van der Waals surface area contributed by atoms with E-state index in [2.05, 4.69) is 53.1 Å². The van der Waals surface area contributed by atoms with Gasteiger partial charge < -0.3 is 19.9 Å². The Balaban J connectivity index is 1.53. The normalized spacial score (nSPS) is 24.6. The standard InChI is InChI=1S/C21H30N4O2/c1-13-5-6-14(2)19-18(13)15(3)20(23-19)21(26)22-16-11-27-12-17(16)25-9-7-24(4)8-10-25/h5-6,16-17,23H,7-12H2,1-4H3,(H,22,26)/t16-,17-/m1/s1. The predicted molar refractivity (Wildman–Crippen MR) is 107 cm³/mol. The smallest absolute Gasteiger partial charge is 0.268 e. The molecule has 3 heterocycles. The third kappa shape index (κ3) is 3.37. The number of nitrogens with zero attached hydrogens (tertiary/aromatic N) is 2. The lowest BCUT2D eigenvalue weighted by Gasteiger charge is -2.38. The second kappa shape index (κ2) is 7.26. The molecule has 0 saturated carbocycles. The molecule has 1 aromatic heterocycles. The van der Waals surface area contributed by atoms with E-state index < -0.39 is 0 Å². The van der Waals surface area contributed by atoms with Crippen molar-refractivity contribution in [2.75, 3.05) is 46.4 Å². The number of hydrogen-bond donors (Lipinski definition) is 2. The number of aromatic nitrogens is 1. The molecular formula is C21H30N4O2. The first kappa shape index (κ1) is 18.5. The minimum Gasteiger partial charge on any atom is -0.378 e. The van der Waals surface area contributed by atoms with E-state index in [0.29, 0.717) is 18.9 Å². The molecule has 1 amide bonds. The summed E-state index contributed by atoms with van der Waals surface area (Å²) in [6.07, 6.45) is 0. The Kier molecular flexibility index (Phi) is 4.97. The lowest BCUT2D eigenvalue weighted by atomic mass is 10.0. The van der Waals surface area contributed by atoms with Crippen molar-refractivity contribution >= 4 is 16.8 Å². The fourth-order valence-corrected chi connectivity index (χ4v) is 4.46. The third-order valence-corrected chi connectivity index (χ3v) is 6.22. The van der Waals surface area contributed by atoms with E-state index in [1.54, 1.807) is 0 Å². The van der Waals surface area contributed by atoms with Gasteiger partial charge in [0.2, 0.25) is 0 Å². The quantitative estimate of drug-likeness (QED) is 0.866. The monoisotopic (exact) mass is 370 g/mol. The highest BCUT2D eigenvalue weighted by Gasteiger charge is 2.35. The molecule has 0 bridgehead atoms. The van der Waals surface area contributed by atoms with Gasteiger partial charge in [-0.1, -0.05) is 12.1 Å². The second-order valence-electron chi connectivity index (χ2n) is 8.10. The highest BCUT2D eigenvalue weighted by molar-refractivity contribution is 6.02. The number of aryl methyl sites for hydroxylation is 3. The van der Waals surface area contributed by atoms with Crippen molar-refractivity contribution in [1.29, 1.82) is 0 Å². The van der Waals surface area contributed by atoms with Crippen LogP contribution >= 0.6 is 0 Å². The van der Waals surface area contributed by atoms with Crippen LogP contribution in [0.4, 0.5) is 0 Å². The van der Waals surface area contributed by atoms with Gasteiger partial charge in [-0.2, -0.15) is 0 Å². The lowest BCUT2D eigenvalue weighted by Crippen LogP contribution is -2.56. The van der Waals surface area contributed by atoms with Crippen LogP contribution in [-0.2, 0) is 4.74 Å². The number of rotatable bonds is 3. The number of carbonyl (C=O) groups excluding carboxylic acids is 1. The van der Waals surface area contributed by atoms with Crippen molar-refractivity contribution in [2.45, 2.75) is 32.9 Å². The third-order valence-electron chi connectivity index (χ3n) is 6.22. The molecule has 2 saturated heterocycles. The maximum absolute atomic E-state index is 13.1. The van der Waals surface area contributed by atoms with E-state index in [1.165, 1.54) is 10.9 Å². The summed E-state index contributed by atoms with van der Waals surface area (Å²) < 4.78 is 5.73. The Morgan fingerprint density at radius 1 is 1.11 bits per heavy atom.